The number of Topliss-reactive ketones (excluding diaryl/α,β-unsaturated/α-hetero) is 1. The Morgan fingerprint density at radius 3 is 2.58 bits per heavy atom. The third kappa shape index (κ3) is 4.20. The Morgan fingerprint density at radius 1 is 1.26 bits per heavy atom. The number of ketones is 1. The van der Waals surface area contributed by atoms with E-state index in [9.17, 15) is 4.79 Å². The van der Waals surface area contributed by atoms with Gasteiger partial charge in [-0.1, -0.05) is 12.1 Å². The number of carbonyl (C=O) groups excluding carboxylic acids is 1. The number of hydrogen-bond acceptors (Lipinski definition) is 4. The molecule has 0 aliphatic carbocycles. The predicted octanol–water partition coefficient (Wildman–Crippen LogP) is 3.78. The molecule has 19 heavy (non-hydrogen) atoms. The first-order valence-electron chi connectivity index (χ1n) is 6.06. The fourth-order valence-corrected chi connectivity index (χ4v) is 2.93. The van der Waals surface area contributed by atoms with Gasteiger partial charge in [0, 0.05) is 17.0 Å². The zero-order valence-electron chi connectivity index (χ0n) is 11.1. The molecule has 0 atom stereocenters. The number of thiophene rings is 1. The molecule has 1 heterocycles. The van der Waals surface area contributed by atoms with Crippen molar-refractivity contribution in [3.05, 3.63) is 52.2 Å². The molecule has 4 heteroatoms. The molecule has 0 spiro atoms. The van der Waals surface area contributed by atoms with Crippen molar-refractivity contribution in [3.63, 3.8) is 0 Å². The van der Waals surface area contributed by atoms with Crippen LogP contribution in [0.15, 0.2) is 46.0 Å². The van der Waals surface area contributed by atoms with Gasteiger partial charge in [0.25, 0.3) is 0 Å². The topological polar surface area (TPSA) is 20.3 Å². The summed E-state index contributed by atoms with van der Waals surface area (Å²) in [5.74, 6) is 0.172. The Labute approximate surface area is 122 Å². The van der Waals surface area contributed by atoms with Crippen LogP contribution in [0.2, 0.25) is 0 Å². The maximum atomic E-state index is 12.1. The average molecular weight is 291 g/mol. The van der Waals surface area contributed by atoms with Gasteiger partial charge in [0.2, 0.25) is 0 Å². The minimum Gasteiger partial charge on any atom is -0.295 e. The molecule has 2 rings (SSSR count). The number of likely N-dealkylation sites (N-methyl/N-ethyl adjacent to an activating group) is 1. The van der Waals surface area contributed by atoms with Crippen molar-refractivity contribution in [3.8, 4) is 0 Å². The van der Waals surface area contributed by atoms with E-state index in [4.69, 9.17) is 0 Å². The van der Waals surface area contributed by atoms with Crippen molar-refractivity contribution in [2.75, 3.05) is 19.8 Å². The summed E-state index contributed by atoms with van der Waals surface area (Å²) in [5, 5.41) is 4.18. The number of nitrogens with zero attached hydrogens (tertiary/aromatic N) is 1. The third-order valence-corrected chi connectivity index (χ3v) is 4.33. The van der Waals surface area contributed by atoms with Crippen molar-refractivity contribution in [2.24, 2.45) is 0 Å². The predicted molar refractivity (Wildman–Crippen MR) is 83.2 cm³/mol. The molecule has 2 nitrogen and oxygen atoms in total. The van der Waals surface area contributed by atoms with Gasteiger partial charge in [0.05, 0.1) is 6.54 Å². The monoisotopic (exact) mass is 291 g/mol. The van der Waals surface area contributed by atoms with Crippen LogP contribution in [0.3, 0.4) is 0 Å². The fourth-order valence-electron chi connectivity index (χ4n) is 1.86. The summed E-state index contributed by atoms with van der Waals surface area (Å²) in [7, 11) is 1.98. The van der Waals surface area contributed by atoms with Gasteiger partial charge < -0.3 is 0 Å². The number of hydrogen-bond donors (Lipinski definition) is 0. The van der Waals surface area contributed by atoms with Crippen molar-refractivity contribution in [1.82, 2.24) is 4.90 Å². The summed E-state index contributed by atoms with van der Waals surface area (Å²) < 4.78 is 0. The quantitative estimate of drug-likeness (QED) is 0.596. The summed E-state index contributed by atoms with van der Waals surface area (Å²) in [6, 6.07) is 9.91. The van der Waals surface area contributed by atoms with Crippen LogP contribution < -0.4 is 0 Å². The minimum atomic E-state index is 0.172. The van der Waals surface area contributed by atoms with Crippen molar-refractivity contribution in [1.29, 1.82) is 0 Å². The lowest BCUT2D eigenvalue weighted by molar-refractivity contribution is 0.0943. The molecule has 0 N–H and O–H groups in total. The normalized spacial score (nSPS) is 10.9. The largest absolute Gasteiger partial charge is 0.295 e. The van der Waals surface area contributed by atoms with Gasteiger partial charge in [-0.2, -0.15) is 11.3 Å². The summed E-state index contributed by atoms with van der Waals surface area (Å²) in [5.41, 5.74) is 2.05. The molecule has 0 saturated carbocycles. The standard InChI is InChI=1S/C15H17NOS2/c1-16(9-12-7-8-19-11-12)10-15(17)13-3-5-14(18-2)6-4-13/h3-8,11H,9-10H2,1-2H3. The number of rotatable bonds is 6. The Hall–Kier alpha value is -1.10. The molecule has 0 saturated heterocycles. The SMILES string of the molecule is CSc1ccc(C(=O)CN(C)Cc2ccsc2)cc1. The summed E-state index contributed by atoms with van der Waals surface area (Å²) >= 11 is 3.37. The van der Waals surface area contributed by atoms with E-state index in [0.717, 1.165) is 12.1 Å². The molecule has 0 amide bonds. The Balaban J connectivity index is 1.92. The average Bonchev–Trinajstić information content (AvgIpc) is 2.91. The molecular formula is C15H17NOS2. The lowest BCUT2D eigenvalue weighted by Crippen LogP contribution is -2.25. The van der Waals surface area contributed by atoms with Gasteiger partial charge in [-0.25, -0.2) is 0 Å². The van der Waals surface area contributed by atoms with E-state index in [1.54, 1.807) is 23.1 Å². The first kappa shape index (κ1) is 14.3. The van der Waals surface area contributed by atoms with E-state index in [1.165, 1.54) is 10.5 Å². The number of carbonyl (C=O) groups is 1. The summed E-state index contributed by atoms with van der Waals surface area (Å²) in [6.45, 7) is 1.27. The first-order chi connectivity index (χ1) is 9.19. The summed E-state index contributed by atoms with van der Waals surface area (Å²) in [6.07, 6.45) is 2.03. The number of thioether (sulfide) groups is 1. The number of benzene rings is 1. The van der Waals surface area contributed by atoms with Gasteiger partial charge in [-0.05, 0) is 47.8 Å². The molecule has 0 fully saturated rings. The molecule has 0 unspecified atom stereocenters. The van der Waals surface area contributed by atoms with Gasteiger partial charge in [-0.15, -0.1) is 11.8 Å². The van der Waals surface area contributed by atoms with Crippen LogP contribution in [0.25, 0.3) is 0 Å². The van der Waals surface area contributed by atoms with Gasteiger partial charge in [0.15, 0.2) is 5.78 Å². The van der Waals surface area contributed by atoms with E-state index < -0.39 is 0 Å². The lowest BCUT2D eigenvalue weighted by Gasteiger charge is -2.14. The highest BCUT2D eigenvalue weighted by molar-refractivity contribution is 7.98. The van der Waals surface area contributed by atoms with E-state index in [-0.39, 0.29) is 5.78 Å². The zero-order valence-corrected chi connectivity index (χ0v) is 12.8. The molecular weight excluding hydrogens is 274 g/mol. The van der Waals surface area contributed by atoms with Crippen molar-refractivity contribution in [2.45, 2.75) is 11.4 Å². The third-order valence-electron chi connectivity index (χ3n) is 2.86. The maximum absolute atomic E-state index is 12.1. The molecule has 0 aliphatic rings. The van der Waals surface area contributed by atoms with E-state index in [2.05, 4.69) is 16.8 Å². The molecule has 1 aromatic heterocycles. The summed E-state index contributed by atoms with van der Waals surface area (Å²) in [4.78, 5) is 15.4. The van der Waals surface area contributed by atoms with Gasteiger partial charge >= 0.3 is 0 Å². The Kier molecular flexibility index (Phi) is 5.19. The molecule has 0 aliphatic heterocycles. The zero-order chi connectivity index (χ0) is 13.7. The van der Waals surface area contributed by atoms with E-state index in [0.29, 0.717) is 6.54 Å². The van der Waals surface area contributed by atoms with Gasteiger partial charge in [0.1, 0.15) is 0 Å². The van der Waals surface area contributed by atoms with Crippen LogP contribution in [0.1, 0.15) is 15.9 Å². The van der Waals surface area contributed by atoms with Crippen molar-refractivity contribution < 1.29 is 4.79 Å². The van der Waals surface area contributed by atoms with Gasteiger partial charge in [-0.3, -0.25) is 9.69 Å². The van der Waals surface area contributed by atoms with Crippen LogP contribution in [-0.4, -0.2) is 30.5 Å². The molecule has 0 bridgehead atoms. The molecule has 0 radical (unpaired) electrons. The molecule has 2 aromatic rings. The second-order valence-corrected chi connectivity index (χ2v) is 6.12. The minimum absolute atomic E-state index is 0.172. The highest BCUT2D eigenvalue weighted by atomic mass is 32.2. The Bertz CT molecular complexity index is 520. The van der Waals surface area contributed by atoms with Crippen LogP contribution >= 0.6 is 23.1 Å². The molecule has 100 valence electrons. The highest BCUT2D eigenvalue weighted by Crippen LogP contribution is 2.15. The van der Waals surface area contributed by atoms with Crippen LogP contribution in [0.5, 0.6) is 0 Å². The first-order valence-corrected chi connectivity index (χ1v) is 8.22. The maximum Gasteiger partial charge on any atom is 0.176 e. The second-order valence-electron chi connectivity index (χ2n) is 4.46. The smallest absolute Gasteiger partial charge is 0.176 e. The molecule has 1 aromatic carbocycles. The van der Waals surface area contributed by atoms with Crippen molar-refractivity contribution >= 4 is 28.9 Å². The highest BCUT2D eigenvalue weighted by Gasteiger charge is 2.09. The van der Waals surface area contributed by atoms with Crippen LogP contribution in [-0.2, 0) is 6.54 Å². The Morgan fingerprint density at radius 2 is 2.00 bits per heavy atom. The lowest BCUT2D eigenvalue weighted by atomic mass is 10.1. The van der Waals surface area contributed by atoms with E-state index in [1.807, 2.05) is 42.5 Å². The van der Waals surface area contributed by atoms with E-state index >= 15 is 0 Å². The fraction of sp³-hybridized carbons (Fsp3) is 0.267. The van der Waals surface area contributed by atoms with Crippen LogP contribution in [0, 0.1) is 0 Å². The van der Waals surface area contributed by atoms with Crippen LogP contribution in [0.4, 0.5) is 0 Å². The second kappa shape index (κ2) is 6.89.